The Balaban J connectivity index is 1.71. The molecule has 0 saturated heterocycles. The maximum Gasteiger partial charge on any atom is 0.264 e. The zero-order valence-electron chi connectivity index (χ0n) is 12.5. The summed E-state index contributed by atoms with van der Waals surface area (Å²) >= 11 is 0. The standard InChI is InChI=1S/C17H17N3O2/c1-12-18-15-9-8-13(10-16(15)19-12)20(2)17(21)11-22-14-6-4-3-5-7-14/h3-10H,11H2,1-2H3,(H,18,19). The number of para-hydroxylation sites is 1. The van der Waals surface area contributed by atoms with Crippen molar-refractivity contribution in [2.75, 3.05) is 18.6 Å². The number of benzene rings is 2. The summed E-state index contributed by atoms with van der Waals surface area (Å²) in [4.78, 5) is 21.3. The zero-order chi connectivity index (χ0) is 15.5. The lowest BCUT2D eigenvalue weighted by Crippen LogP contribution is -2.31. The number of aromatic nitrogens is 2. The van der Waals surface area contributed by atoms with Gasteiger partial charge in [-0.3, -0.25) is 4.79 Å². The van der Waals surface area contributed by atoms with Gasteiger partial charge in [0.05, 0.1) is 11.0 Å². The van der Waals surface area contributed by atoms with Crippen molar-refractivity contribution >= 4 is 22.6 Å². The van der Waals surface area contributed by atoms with Gasteiger partial charge in [0.15, 0.2) is 6.61 Å². The molecule has 3 aromatic rings. The summed E-state index contributed by atoms with van der Waals surface area (Å²) in [6.07, 6.45) is 0. The Kier molecular flexibility index (Phi) is 3.78. The third-order valence-corrected chi connectivity index (χ3v) is 3.45. The fourth-order valence-corrected chi connectivity index (χ4v) is 2.24. The second kappa shape index (κ2) is 5.89. The predicted octanol–water partition coefficient (Wildman–Crippen LogP) is 2.91. The summed E-state index contributed by atoms with van der Waals surface area (Å²) in [7, 11) is 1.74. The van der Waals surface area contributed by atoms with Crippen molar-refractivity contribution in [1.82, 2.24) is 9.97 Å². The third-order valence-electron chi connectivity index (χ3n) is 3.45. The van der Waals surface area contributed by atoms with E-state index in [1.54, 1.807) is 11.9 Å². The Morgan fingerprint density at radius 1 is 1.23 bits per heavy atom. The number of hydrogen-bond donors (Lipinski definition) is 1. The summed E-state index contributed by atoms with van der Waals surface area (Å²) in [5.74, 6) is 1.43. The Labute approximate surface area is 128 Å². The lowest BCUT2D eigenvalue weighted by Gasteiger charge is -2.17. The largest absolute Gasteiger partial charge is 0.484 e. The van der Waals surface area contributed by atoms with Crippen LogP contribution in [-0.2, 0) is 4.79 Å². The molecule has 0 bridgehead atoms. The topological polar surface area (TPSA) is 58.2 Å². The van der Waals surface area contributed by atoms with Crippen LogP contribution in [0.2, 0.25) is 0 Å². The molecule has 3 rings (SSSR count). The smallest absolute Gasteiger partial charge is 0.264 e. The van der Waals surface area contributed by atoms with E-state index >= 15 is 0 Å². The van der Waals surface area contributed by atoms with E-state index in [4.69, 9.17) is 4.74 Å². The van der Waals surface area contributed by atoms with Crippen LogP contribution in [0.3, 0.4) is 0 Å². The normalized spacial score (nSPS) is 10.6. The number of aromatic amines is 1. The van der Waals surface area contributed by atoms with Gasteiger partial charge in [-0.05, 0) is 37.3 Å². The van der Waals surface area contributed by atoms with Gasteiger partial charge in [-0.25, -0.2) is 4.98 Å². The van der Waals surface area contributed by atoms with Gasteiger partial charge in [-0.15, -0.1) is 0 Å². The van der Waals surface area contributed by atoms with E-state index in [2.05, 4.69) is 9.97 Å². The maximum atomic E-state index is 12.2. The highest BCUT2D eigenvalue weighted by Gasteiger charge is 2.13. The fourth-order valence-electron chi connectivity index (χ4n) is 2.24. The summed E-state index contributed by atoms with van der Waals surface area (Å²) in [5, 5.41) is 0. The molecule has 22 heavy (non-hydrogen) atoms. The maximum absolute atomic E-state index is 12.2. The van der Waals surface area contributed by atoms with E-state index in [0.717, 1.165) is 22.5 Å². The molecule has 5 nitrogen and oxygen atoms in total. The molecule has 0 unspecified atom stereocenters. The first kappa shape index (κ1) is 14.1. The molecule has 0 fully saturated rings. The molecule has 0 aliphatic rings. The number of carbonyl (C=O) groups excluding carboxylic acids is 1. The van der Waals surface area contributed by atoms with Gasteiger partial charge in [-0.1, -0.05) is 18.2 Å². The zero-order valence-corrected chi connectivity index (χ0v) is 12.5. The van der Waals surface area contributed by atoms with Gasteiger partial charge < -0.3 is 14.6 Å². The highest BCUT2D eigenvalue weighted by atomic mass is 16.5. The van der Waals surface area contributed by atoms with Crippen molar-refractivity contribution in [2.45, 2.75) is 6.92 Å². The minimum Gasteiger partial charge on any atom is -0.484 e. The summed E-state index contributed by atoms with van der Waals surface area (Å²) < 4.78 is 5.49. The monoisotopic (exact) mass is 295 g/mol. The van der Waals surface area contributed by atoms with Crippen LogP contribution < -0.4 is 9.64 Å². The number of carbonyl (C=O) groups is 1. The Morgan fingerprint density at radius 3 is 2.77 bits per heavy atom. The Hall–Kier alpha value is -2.82. The van der Waals surface area contributed by atoms with Gasteiger partial charge in [0.2, 0.25) is 0 Å². The predicted molar refractivity (Wildman–Crippen MR) is 86.2 cm³/mol. The number of rotatable bonds is 4. The second-order valence-electron chi connectivity index (χ2n) is 5.08. The summed E-state index contributed by atoms with van der Waals surface area (Å²) in [5.41, 5.74) is 2.61. The minimum absolute atomic E-state index is 0.000550. The molecule has 0 radical (unpaired) electrons. The van der Waals surface area contributed by atoms with Crippen molar-refractivity contribution in [1.29, 1.82) is 0 Å². The number of hydrogen-bond acceptors (Lipinski definition) is 3. The number of likely N-dealkylation sites (N-methyl/N-ethyl adjacent to an activating group) is 1. The first-order valence-corrected chi connectivity index (χ1v) is 7.04. The number of amides is 1. The van der Waals surface area contributed by atoms with Crippen LogP contribution in [0.5, 0.6) is 5.75 Å². The molecule has 0 aliphatic heterocycles. The molecule has 0 saturated carbocycles. The molecule has 1 aromatic heterocycles. The average molecular weight is 295 g/mol. The van der Waals surface area contributed by atoms with Crippen molar-refractivity contribution in [3.05, 3.63) is 54.4 Å². The van der Waals surface area contributed by atoms with Crippen LogP contribution in [0, 0.1) is 6.92 Å². The quantitative estimate of drug-likeness (QED) is 0.805. The van der Waals surface area contributed by atoms with E-state index < -0.39 is 0 Å². The van der Waals surface area contributed by atoms with E-state index in [-0.39, 0.29) is 12.5 Å². The average Bonchev–Trinajstić information content (AvgIpc) is 2.92. The van der Waals surface area contributed by atoms with Gasteiger partial charge in [0.1, 0.15) is 11.6 Å². The van der Waals surface area contributed by atoms with Crippen LogP contribution in [0.4, 0.5) is 5.69 Å². The molecular formula is C17H17N3O2. The SMILES string of the molecule is Cc1nc2ccc(N(C)C(=O)COc3ccccc3)cc2[nH]1. The molecule has 5 heteroatoms. The number of nitrogens with one attached hydrogen (secondary N) is 1. The van der Waals surface area contributed by atoms with E-state index in [0.29, 0.717) is 5.75 Å². The van der Waals surface area contributed by atoms with E-state index in [1.807, 2.05) is 55.5 Å². The van der Waals surface area contributed by atoms with Gasteiger partial charge in [0.25, 0.3) is 5.91 Å². The van der Waals surface area contributed by atoms with Crippen LogP contribution in [-0.4, -0.2) is 29.5 Å². The number of aryl methyl sites for hydroxylation is 1. The van der Waals surface area contributed by atoms with Crippen molar-refractivity contribution in [3.63, 3.8) is 0 Å². The molecule has 0 aliphatic carbocycles. The number of H-pyrrole nitrogens is 1. The highest BCUT2D eigenvalue weighted by molar-refractivity contribution is 5.95. The first-order valence-electron chi connectivity index (χ1n) is 7.04. The molecule has 112 valence electrons. The van der Waals surface area contributed by atoms with Gasteiger partial charge in [0, 0.05) is 12.7 Å². The van der Waals surface area contributed by atoms with Crippen LogP contribution in [0.1, 0.15) is 5.82 Å². The van der Waals surface area contributed by atoms with E-state index in [9.17, 15) is 4.79 Å². The summed E-state index contributed by atoms with van der Waals surface area (Å²) in [6.45, 7) is 1.91. The molecule has 1 N–H and O–H groups in total. The third kappa shape index (κ3) is 2.93. The van der Waals surface area contributed by atoms with Crippen molar-refractivity contribution in [3.8, 4) is 5.75 Å². The van der Waals surface area contributed by atoms with Crippen LogP contribution in [0.25, 0.3) is 11.0 Å². The second-order valence-corrected chi connectivity index (χ2v) is 5.08. The number of fused-ring (bicyclic) bond motifs is 1. The fraction of sp³-hybridized carbons (Fsp3) is 0.176. The van der Waals surface area contributed by atoms with Crippen molar-refractivity contribution in [2.24, 2.45) is 0 Å². The van der Waals surface area contributed by atoms with Crippen LogP contribution in [0.15, 0.2) is 48.5 Å². The van der Waals surface area contributed by atoms with Crippen molar-refractivity contribution < 1.29 is 9.53 Å². The number of nitrogens with zero attached hydrogens (tertiary/aromatic N) is 2. The lowest BCUT2D eigenvalue weighted by atomic mass is 10.2. The highest BCUT2D eigenvalue weighted by Crippen LogP contribution is 2.20. The Morgan fingerprint density at radius 2 is 2.00 bits per heavy atom. The molecule has 1 amide bonds. The number of ether oxygens (including phenoxy) is 1. The molecule has 1 heterocycles. The van der Waals surface area contributed by atoms with Crippen LogP contribution >= 0.6 is 0 Å². The number of imidazole rings is 1. The van der Waals surface area contributed by atoms with E-state index in [1.165, 1.54) is 0 Å². The number of anilines is 1. The molecule has 0 spiro atoms. The van der Waals surface area contributed by atoms with Gasteiger partial charge >= 0.3 is 0 Å². The first-order chi connectivity index (χ1) is 10.6. The molecule has 2 aromatic carbocycles. The molecular weight excluding hydrogens is 278 g/mol. The molecule has 0 atom stereocenters. The summed E-state index contributed by atoms with van der Waals surface area (Å²) in [6, 6.07) is 15.0. The minimum atomic E-state index is -0.112. The Bertz CT molecular complexity index is 796. The lowest BCUT2D eigenvalue weighted by molar-refractivity contribution is -0.120. The van der Waals surface area contributed by atoms with Gasteiger partial charge in [-0.2, -0.15) is 0 Å².